The largest absolute Gasteiger partial charge is 0.417 e. The van der Waals surface area contributed by atoms with Crippen LogP contribution in [0.3, 0.4) is 0 Å². The summed E-state index contributed by atoms with van der Waals surface area (Å²) in [4.78, 5) is 0. The molecule has 0 fully saturated rings. The molecule has 0 aromatic heterocycles. The van der Waals surface area contributed by atoms with E-state index in [4.69, 9.17) is 0 Å². The third kappa shape index (κ3) is 1.91. The zero-order valence-corrected chi connectivity index (χ0v) is 11.2. The Bertz CT molecular complexity index is 718. The maximum Gasteiger partial charge on any atom is 0.417 e. The van der Waals surface area contributed by atoms with Gasteiger partial charge in [-0.2, -0.15) is 13.2 Å². The molecular weight excluding hydrogens is 317 g/mol. The summed E-state index contributed by atoms with van der Waals surface area (Å²) in [5.74, 6) is 0. The quantitative estimate of drug-likeness (QED) is 0.460. The molecule has 0 bridgehead atoms. The van der Waals surface area contributed by atoms with Gasteiger partial charge in [-0.05, 0) is 37.5 Å². The molecule has 96 valence electrons. The van der Waals surface area contributed by atoms with Crippen molar-refractivity contribution in [2.75, 3.05) is 0 Å². The van der Waals surface area contributed by atoms with E-state index >= 15 is 0 Å². The molecule has 0 saturated heterocycles. The van der Waals surface area contributed by atoms with Crippen LogP contribution in [0.15, 0.2) is 53.0 Å². The number of fused-ring (bicyclic) bond motifs is 2. The number of benzene rings is 3. The Morgan fingerprint density at radius 3 is 1.42 bits per heavy atom. The molecule has 3 aromatic carbocycles. The van der Waals surface area contributed by atoms with Crippen molar-refractivity contribution in [2.24, 2.45) is 0 Å². The van der Waals surface area contributed by atoms with E-state index in [1.54, 1.807) is 36.4 Å². The van der Waals surface area contributed by atoms with Crippen LogP contribution < -0.4 is 0 Å². The van der Waals surface area contributed by atoms with Gasteiger partial charge in [0.05, 0.1) is 5.56 Å². The second-order valence-corrected chi connectivity index (χ2v) is 5.07. The topological polar surface area (TPSA) is 0 Å². The van der Waals surface area contributed by atoms with Crippen molar-refractivity contribution < 1.29 is 13.2 Å². The average Bonchev–Trinajstić information content (AvgIpc) is 2.38. The predicted octanol–water partition coefficient (Wildman–Crippen LogP) is 5.77. The number of alkyl halides is 3. The van der Waals surface area contributed by atoms with E-state index < -0.39 is 11.7 Å². The van der Waals surface area contributed by atoms with Gasteiger partial charge < -0.3 is 0 Å². The Labute approximate surface area is 116 Å². The van der Waals surface area contributed by atoms with Crippen molar-refractivity contribution in [3.05, 3.63) is 58.6 Å². The Hall–Kier alpha value is -1.55. The van der Waals surface area contributed by atoms with Gasteiger partial charge in [0, 0.05) is 4.47 Å². The van der Waals surface area contributed by atoms with Crippen molar-refractivity contribution >= 4 is 37.5 Å². The molecule has 19 heavy (non-hydrogen) atoms. The molecule has 3 aromatic rings. The van der Waals surface area contributed by atoms with Crippen LogP contribution in [-0.2, 0) is 6.18 Å². The highest BCUT2D eigenvalue weighted by Crippen LogP contribution is 2.43. The molecule has 0 radical (unpaired) electrons. The van der Waals surface area contributed by atoms with Crippen LogP contribution in [-0.4, -0.2) is 0 Å². The predicted molar refractivity (Wildman–Crippen MR) is 74.2 cm³/mol. The van der Waals surface area contributed by atoms with Gasteiger partial charge in [0.1, 0.15) is 0 Å². The zero-order chi connectivity index (χ0) is 13.6. The molecule has 0 aliphatic rings. The summed E-state index contributed by atoms with van der Waals surface area (Å²) in [6.07, 6.45) is -4.38. The van der Waals surface area contributed by atoms with E-state index in [1.165, 1.54) is 12.1 Å². The lowest BCUT2D eigenvalue weighted by Gasteiger charge is -2.15. The van der Waals surface area contributed by atoms with E-state index in [2.05, 4.69) is 15.9 Å². The van der Waals surface area contributed by atoms with Gasteiger partial charge in [-0.1, -0.05) is 48.5 Å². The molecule has 0 heterocycles. The van der Waals surface area contributed by atoms with E-state index in [1.807, 2.05) is 0 Å². The smallest absolute Gasteiger partial charge is 0.166 e. The van der Waals surface area contributed by atoms with E-state index in [0.29, 0.717) is 15.2 Å². The Kier molecular flexibility index (Phi) is 2.78. The normalized spacial score (nSPS) is 12.2. The fraction of sp³-hybridized carbons (Fsp3) is 0.0667. The third-order valence-corrected chi connectivity index (χ3v) is 4.00. The zero-order valence-electron chi connectivity index (χ0n) is 9.63. The average molecular weight is 325 g/mol. The first-order valence-electron chi connectivity index (χ1n) is 5.66. The summed E-state index contributed by atoms with van der Waals surface area (Å²) in [7, 11) is 0. The monoisotopic (exact) mass is 324 g/mol. The van der Waals surface area contributed by atoms with Gasteiger partial charge in [-0.25, -0.2) is 0 Å². The summed E-state index contributed by atoms with van der Waals surface area (Å²) >= 11 is 3.42. The van der Waals surface area contributed by atoms with Gasteiger partial charge in [0.15, 0.2) is 0 Å². The summed E-state index contributed by atoms with van der Waals surface area (Å²) in [6.45, 7) is 0. The molecule has 0 saturated carbocycles. The fourth-order valence-corrected chi connectivity index (χ4v) is 3.07. The standard InChI is InChI=1S/C15H8BrF3/c16-14-11-7-3-1-5-9(11)13(15(17,18)19)10-6-2-4-8-12(10)14/h1-8H. The van der Waals surface area contributed by atoms with Crippen molar-refractivity contribution in [3.63, 3.8) is 0 Å². The molecule has 0 N–H and O–H groups in total. The molecule has 0 nitrogen and oxygen atoms in total. The number of halogens is 4. The van der Waals surface area contributed by atoms with Crippen LogP contribution in [0, 0.1) is 0 Å². The summed E-state index contributed by atoms with van der Waals surface area (Å²) in [5.41, 5.74) is -0.568. The fourth-order valence-electron chi connectivity index (χ4n) is 2.38. The van der Waals surface area contributed by atoms with Gasteiger partial charge in [0.25, 0.3) is 0 Å². The van der Waals surface area contributed by atoms with Crippen LogP contribution in [0.5, 0.6) is 0 Å². The maximum absolute atomic E-state index is 13.4. The second kappa shape index (κ2) is 4.23. The number of hydrogen-bond acceptors (Lipinski definition) is 0. The van der Waals surface area contributed by atoms with Crippen molar-refractivity contribution in [1.82, 2.24) is 0 Å². The van der Waals surface area contributed by atoms with Crippen LogP contribution >= 0.6 is 15.9 Å². The Balaban J connectivity index is 2.65. The minimum atomic E-state index is -4.38. The highest BCUT2D eigenvalue weighted by atomic mass is 79.9. The summed E-state index contributed by atoms with van der Waals surface area (Å²) in [6, 6.07) is 13.1. The number of hydrogen-bond donors (Lipinski definition) is 0. The molecule has 0 aliphatic carbocycles. The third-order valence-electron chi connectivity index (χ3n) is 3.15. The second-order valence-electron chi connectivity index (χ2n) is 4.28. The van der Waals surface area contributed by atoms with Gasteiger partial charge in [0.2, 0.25) is 0 Å². The molecule has 0 spiro atoms. The van der Waals surface area contributed by atoms with Crippen molar-refractivity contribution in [3.8, 4) is 0 Å². The molecule has 4 heteroatoms. The molecular formula is C15H8BrF3. The van der Waals surface area contributed by atoms with Crippen molar-refractivity contribution in [1.29, 1.82) is 0 Å². The van der Waals surface area contributed by atoms with Crippen molar-refractivity contribution in [2.45, 2.75) is 6.18 Å². The molecule has 0 amide bonds. The summed E-state index contributed by atoms with van der Waals surface area (Å²) < 4.78 is 40.8. The van der Waals surface area contributed by atoms with Gasteiger partial charge >= 0.3 is 6.18 Å². The molecule has 0 aliphatic heterocycles. The minimum Gasteiger partial charge on any atom is -0.166 e. The minimum absolute atomic E-state index is 0.223. The first-order chi connectivity index (χ1) is 9.00. The van der Waals surface area contributed by atoms with Crippen LogP contribution in [0.4, 0.5) is 13.2 Å². The first kappa shape index (κ1) is 12.5. The molecule has 0 unspecified atom stereocenters. The van der Waals surface area contributed by atoms with E-state index in [9.17, 15) is 13.2 Å². The van der Waals surface area contributed by atoms with Crippen LogP contribution in [0.1, 0.15) is 5.56 Å². The number of rotatable bonds is 0. The van der Waals surface area contributed by atoms with Gasteiger partial charge in [-0.15, -0.1) is 0 Å². The van der Waals surface area contributed by atoms with Crippen LogP contribution in [0.25, 0.3) is 21.5 Å². The SMILES string of the molecule is FC(F)(F)c1c2ccccc2c(Br)c2ccccc12. The maximum atomic E-state index is 13.4. The van der Waals surface area contributed by atoms with Crippen LogP contribution in [0.2, 0.25) is 0 Å². The highest BCUT2D eigenvalue weighted by Gasteiger charge is 2.35. The van der Waals surface area contributed by atoms with Gasteiger partial charge in [-0.3, -0.25) is 0 Å². The van der Waals surface area contributed by atoms with E-state index in [-0.39, 0.29) is 10.8 Å². The molecule has 0 atom stereocenters. The lowest BCUT2D eigenvalue weighted by molar-refractivity contribution is -0.135. The van der Waals surface area contributed by atoms with E-state index in [0.717, 1.165) is 0 Å². The summed E-state index contributed by atoms with van der Waals surface area (Å²) in [5, 5.41) is 1.60. The highest BCUT2D eigenvalue weighted by molar-refractivity contribution is 9.10. The first-order valence-corrected chi connectivity index (χ1v) is 6.45. The lowest BCUT2D eigenvalue weighted by atomic mass is 9.96. The lowest BCUT2D eigenvalue weighted by Crippen LogP contribution is -2.07. The Morgan fingerprint density at radius 2 is 1.05 bits per heavy atom. The molecule has 3 rings (SSSR count). The Morgan fingerprint density at radius 1 is 0.684 bits per heavy atom.